The summed E-state index contributed by atoms with van der Waals surface area (Å²) in [7, 11) is 1.69. The SMILES string of the molecule is CCc1c(-c2ccc(OC)cc2)nc2sc3c(n12)CCNC3. The first-order chi connectivity index (χ1) is 10.8. The Bertz CT molecular complexity index is 817. The third kappa shape index (κ3) is 2.04. The summed E-state index contributed by atoms with van der Waals surface area (Å²) in [6, 6.07) is 8.19. The number of fused-ring (bicyclic) bond motifs is 3. The van der Waals surface area contributed by atoms with Crippen molar-refractivity contribution in [3.05, 3.63) is 40.5 Å². The Balaban J connectivity index is 1.88. The molecule has 2 aromatic heterocycles. The Hall–Kier alpha value is -1.85. The molecule has 1 aliphatic rings. The molecule has 0 unspecified atom stereocenters. The maximum atomic E-state index is 5.25. The molecule has 0 fully saturated rings. The van der Waals surface area contributed by atoms with E-state index in [-0.39, 0.29) is 0 Å². The molecule has 1 N–H and O–H groups in total. The molecular weight excluding hydrogens is 294 g/mol. The standard InChI is InChI=1S/C17H19N3OS/c1-3-13-16(11-4-6-12(21-2)7-5-11)19-17-20(13)14-8-9-18-10-15(14)22-17/h4-7,18H,3,8-10H2,1-2H3. The molecule has 0 amide bonds. The lowest BCUT2D eigenvalue weighted by Crippen LogP contribution is -2.23. The number of hydrogen-bond donors (Lipinski definition) is 1. The molecular formula is C17H19N3OS. The summed E-state index contributed by atoms with van der Waals surface area (Å²) in [5, 5.41) is 3.44. The second kappa shape index (κ2) is 5.41. The van der Waals surface area contributed by atoms with E-state index in [1.54, 1.807) is 7.11 Å². The minimum absolute atomic E-state index is 0.881. The van der Waals surface area contributed by atoms with E-state index in [1.807, 2.05) is 23.5 Å². The largest absolute Gasteiger partial charge is 0.497 e. The van der Waals surface area contributed by atoms with E-state index in [9.17, 15) is 0 Å². The first-order valence-electron chi connectivity index (χ1n) is 7.68. The van der Waals surface area contributed by atoms with Crippen molar-refractivity contribution in [1.82, 2.24) is 14.7 Å². The lowest BCUT2D eigenvalue weighted by molar-refractivity contribution is 0.415. The summed E-state index contributed by atoms with van der Waals surface area (Å²) < 4.78 is 7.64. The molecule has 3 aromatic rings. The maximum absolute atomic E-state index is 5.25. The smallest absolute Gasteiger partial charge is 0.194 e. The predicted octanol–water partition coefficient (Wildman–Crippen LogP) is 3.28. The highest BCUT2D eigenvalue weighted by atomic mass is 32.1. The van der Waals surface area contributed by atoms with Crippen molar-refractivity contribution in [2.75, 3.05) is 13.7 Å². The molecule has 0 atom stereocenters. The molecule has 0 aliphatic carbocycles. The van der Waals surface area contributed by atoms with E-state index in [0.717, 1.165) is 47.9 Å². The summed E-state index contributed by atoms with van der Waals surface area (Å²) in [5.74, 6) is 0.881. The fourth-order valence-corrected chi connectivity index (χ4v) is 4.33. The monoisotopic (exact) mass is 313 g/mol. The topological polar surface area (TPSA) is 38.6 Å². The summed E-state index contributed by atoms with van der Waals surface area (Å²) in [6.07, 6.45) is 2.07. The van der Waals surface area contributed by atoms with Gasteiger partial charge in [0.25, 0.3) is 0 Å². The van der Waals surface area contributed by atoms with Gasteiger partial charge in [0.15, 0.2) is 4.96 Å². The number of aryl methyl sites for hydroxylation is 1. The second-order valence-electron chi connectivity index (χ2n) is 5.51. The van der Waals surface area contributed by atoms with Crippen LogP contribution in [0.15, 0.2) is 24.3 Å². The highest BCUT2D eigenvalue weighted by Gasteiger charge is 2.22. The number of imidazole rings is 1. The number of methoxy groups -OCH3 is 1. The van der Waals surface area contributed by atoms with Gasteiger partial charge in [-0.15, -0.1) is 0 Å². The van der Waals surface area contributed by atoms with E-state index in [0.29, 0.717) is 0 Å². The van der Waals surface area contributed by atoms with Crippen molar-refractivity contribution in [3.8, 4) is 17.0 Å². The Kier molecular flexibility index (Phi) is 3.39. The number of thiazole rings is 1. The van der Waals surface area contributed by atoms with Crippen molar-refractivity contribution in [3.63, 3.8) is 0 Å². The number of nitrogens with zero attached hydrogens (tertiary/aromatic N) is 2. The number of aromatic nitrogens is 2. The first-order valence-corrected chi connectivity index (χ1v) is 8.50. The quantitative estimate of drug-likeness (QED) is 0.806. The lowest BCUT2D eigenvalue weighted by atomic mass is 10.1. The van der Waals surface area contributed by atoms with Crippen LogP contribution in [-0.4, -0.2) is 23.0 Å². The van der Waals surface area contributed by atoms with E-state index < -0.39 is 0 Å². The Morgan fingerprint density at radius 3 is 2.86 bits per heavy atom. The zero-order chi connectivity index (χ0) is 15.1. The normalized spacial score (nSPS) is 14.3. The number of rotatable bonds is 3. The van der Waals surface area contributed by atoms with Crippen LogP contribution < -0.4 is 10.1 Å². The molecule has 4 rings (SSSR count). The molecule has 1 aliphatic heterocycles. The van der Waals surface area contributed by atoms with Gasteiger partial charge >= 0.3 is 0 Å². The molecule has 0 spiro atoms. The number of ether oxygens (including phenoxy) is 1. The van der Waals surface area contributed by atoms with Crippen molar-refractivity contribution in [1.29, 1.82) is 0 Å². The molecule has 22 heavy (non-hydrogen) atoms. The zero-order valence-corrected chi connectivity index (χ0v) is 13.7. The summed E-state index contributed by atoms with van der Waals surface area (Å²) >= 11 is 1.82. The molecule has 5 heteroatoms. The fraction of sp³-hybridized carbons (Fsp3) is 0.353. The molecule has 0 bridgehead atoms. The van der Waals surface area contributed by atoms with Crippen LogP contribution >= 0.6 is 11.3 Å². The van der Waals surface area contributed by atoms with E-state index in [1.165, 1.54) is 16.3 Å². The fourth-order valence-electron chi connectivity index (χ4n) is 3.18. The van der Waals surface area contributed by atoms with Gasteiger partial charge in [-0.25, -0.2) is 4.98 Å². The van der Waals surface area contributed by atoms with Crippen LogP contribution in [0, 0.1) is 0 Å². The van der Waals surface area contributed by atoms with Crippen molar-refractivity contribution in [2.45, 2.75) is 26.3 Å². The Morgan fingerprint density at radius 2 is 2.14 bits per heavy atom. The summed E-state index contributed by atoms with van der Waals surface area (Å²) in [6.45, 7) is 4.24. The highest BCUT2D eigenvalue weighted by molar-refractivity contribution is 7.17. The molecule has 114 valence electrons. The van der Waals surface area contributed by atoms with Gasteiger partial charge in [0.05, 0.1) is 18.5 Å². The van der Waals surface area contributed by atoms with E-state index in [4.69, 9.17) is 9.72 Å². The third-order valence-electron chi connectivity index (χ3n) is 4.27. The van der Waals surface area contributed by atoms with E-state index >= 15 is 0 Å². The third-order valence-corrected chi connectivity index (χ3v) is 5.35. The van der Waals surface area contributed by atoms with Crippen molar-refractivity contribution in [2.24, 2.45) is 0 Å². The van der Waals surface area contributed by atoms with Crippen LogP contribution in [0.25, 0.3) is 16.2 Å². The number of benzene rings is 1. The van der Waals surface area contributed by atoms with Crippen LogP contribution in [0.4, 0.5) is 0 Å². The van der Waals surface area contributed by atoms with Gasteiger partial charge in [0.2, 0.25) is 0 Å². The van der Waals surface area contributed by atoms with Gasteiger partial charge in [-0.05, 0) is 30.7 Å². The summed E-state index contributed by atoms with van der Waals surface area (Å²) in [4.78, 5) is 7.48. The average molecular weight is 313 g/mol. The second-order valence-corrected chi connectivity index (χ2v) is 6.57. The average Bonchev–Trinajstić information content (AvgIpc) is 3.10. The first kappa shape index (κ1) is 13.8. The molecule has 0 saturated heterocycles. The molecule has 0 radical (unpaired) electrons. The highest BCUT2D eigenvalue weighted by Crippen LogP contribution is 2.33. The van der Waals surface area contributed by atoms with Crippen molar-refractivity contribution < 1.29 is 4.74 Å². The van der Waals surface area contributed by atoms with Gasteiger partial charge in [-0.2, -0.15) is 0 Å². The molecule has 1 aromatic carbocycles. The number of hydrogen-bond acceptors (Lipinski definition) is 4. The Morgan fingerprint density at radius 1 is 1.32 bits per heavy atom. The minimum atomic E-state index is 0.881. The van der Waals surface area contributed by atoms with Gasteiger partial charge in [0, 0.05) is 35.6 Å². The predicted molar refractivity (Wildman–Crippen MR) is 89.8 cm³/mol. The zero-order valence-electron chi connectivity index (χ0n) is 12.8. The van der Waals surface area contributed by atoms with Gasteiger partial charge in [-0.1, -0.05) is 18.3 Å². The van der Waals surface area contributed by atoms with Crippen LogP contribution in [0.3, 0.4) is 0 Å². The van der Waals surface area contributed by atoms with E-state index in [2.05, 4.69) is 28.8 Å². The van der Waals surface area contributed by atoms with Gasteiger partial charge < -0.3 is 10.1 Å². The van der Waals surface area contributed by atoms with Crippen LogP contribution in [0.5, 0.6) is 5.75 Å². The van der Waals surface area contributed by atoms with Gasteiger partial charge in [-0.3, -0.25) is 4.40 Å². The van der Waals surface area contributed by atoms with Crippen LogP contribution in [0.1, 0.15) is 23.2 Å². The van der Waals surface area contributed by atoms with Crippen molar-refractivity contribution >= 4 is 16.3 Å². The maximum Gasteiger partial charge on any atom is 0.194 e. The molecule has 3 heterocycles. The van der Waals surface area contributed by atoms with Crippen LogP contribution in [0.2, 0.25) is 0 Å². The minimum Gasteiger partial charge on any atom is -0.497 e. The Labute approximate surface area is 133 Å². The lowest BCUT2D eigenvalue weighted by Gasteiger charge is -2.13. The summed E-state index contributed by atoms with van der Waals surface area (Å²) in [5.41, 5.74) is 5.04. The molecule has 4 nitrogen and oxygen atoms in total. The van der Waals surface area contributed by atoms with Gasteiger partial charge in [0.1, 0.15) is 5.75 Å². The van der Waals surface area contributed by atoms with Crippen LogP contribution in [-0.2, 0) is 19.4 Å². The number of nitrogens with one attached hydrogen (secondary N) is 1. The molecule has 0 saturated carbocycles.